The fourth-order valence-corrected chi connectivity index (χ4v) is 4.21. The zero-order valence-electron chi connectivity index (χ0n) is 16.7. The fourth-order valence-electron chi connectivity index (χ4n) is 3.34. The highest BCUT2D eigenvalue weighted by Crippen LogP contribution is 2.26. The monoisotopic (exact) mass is 428 g/mol. The first kappa shape index (κ1) is 21.3. The van der Waals surface area contributed by atoms with Crippen LogP contribution >= 0.6 is 22.9 Å². The highest BCUT2D eigenvalue weighted by Gasteiger charge is 2.19. The smallest absolute Gasteiger partial charge is 0.332 e. The van der Waals surface area contributed by atoms with Gasteiger partial charge >= 0.3 is 5.97 Å². The number of carboxylic acids is 1. The lowest BCUT2D eigenvalue weighted by Crippen LogP contribution is -2.12. The second-order valence-corrected chi connectivity index (χ2v) is 8.25. The van der Waals surface area contributed by atoms with E-state index in [4.69, 9.17) is 11.6 Å². The summed E-state index contributed by atoms with van der Waals surface area (Å²) in [6.07, 6.45) is 5.14. The fraction of sp³-hybridized carbons (Fsp3) is 0.304. The van der Waals surface area contributed by atoms with Gasteiger partial charge in [-0.25, -0.2) is 9.78 Å². The van der Waals surface area contributed by atoms with E-state index in [-0.39, 0.29) is 0 Å². The number of thiophene rings is 1. The highest BCUT2D eigenvalue weighted by atomic mass is 35.5. The number of hydrogen-bond acceptors (Lipinski definition) is 3. The minimum Gasteiger partial charge on any atom is -0.478 e. The van der Waals surface area contributed by atoms with Crippen molar-refractivity contribution < 1.29 is 9.90 Å². The first-order valence-electron chi connectivity index (χ1n) is 9.73. The molecule has 29 heavy (non-hydrogen) atoms. The lowest BCUT2D eigenvalue weighted by Gasteiger charge is -2.15. The van der Waals surface area contributed by atoms with Crippen molar-refractivity contribution in [3.8, 4) is 0 Å². The van der Waals surface area contributed by atoms with E-state index in [0.29, 0.717) is 23.6 Å². The van der Waals surface area contributed by atoms with Crippen molar-refractivity contribution in [3.05, 3.63) is 80.5 Å². The van der Waals surface area contributed by atoms with Crippen LogP contribution in [0.25, 0.3) is 5.57 Å². The number of benzene rings is 1. The van der Waals surface area contributed by atoms with E-state index in [1.807, 2.05) is 48.0 Å². The van der Waals surface area contributed by atoms with Crippen molar-refractivity contribution in [1.29, 1.82) is 0 Å². The Morgan fingerprint density at radius 1 is 1.28 bits per heavy atom. The first-order chi connectivity index (χ1) is 14.0. The molecule has 0 amide bonds. The number of allylic oxidation sites excluding steroid dienone is 1. The third kappa shape index (κ3) is 5.17. The van der Waals surface area contributed by atoms with E-state index in [1.54, 1.807) is 17.5 Å². The number of halogens is 1. The normalized spacial score (nSPS) is 12.1. The summed E-state index contributed by atoms with van der Waals surface area (Å²) in [5.41, 5.74) is 3.98. The summed E-state index contributed by atoms with van der Waals surface area (Å²) >= 11 is 7.97. The molecule has 4 nitrogen and oxygen atoms in total. The van der Waals surface area contributed by atoms with Crippen molar-refractivity contribution in [3.63, 3.8) is 0 Å². The van der Waals surface area contributed by atoms with Gasteiger partial charge < -0.3 is 9.67 Å². The summed E-state index contributed by atoms with van der Waals surface area (Å²) in [6.45, 7) is 4.59. The molecule has 3 rings (SSSR count). The minimum atomic E-state index is -0.894. The van der Waals surface area contributed by atoms with Crippen LogP contribution < -0.4 is 0 Å². The number of carbonyl (C=O) groups is 1. The molecule has 152 valence electrons. The van der Waals surface area contributed by atoms with Gasteiger partial charge in [0.25, 0.3) is 0 Å². The molecular weight excluding hydrogens is 404 g/mol. The number of aryl methyl sites for hydroxylation is 1. The maximum Gasteiger partial charge on any atom is 0.332 e. The van der Waals surface area contributed by atoms with Gasteiger partial charge in [-0.1, -0.05) is 43.1 Å². The van der Waals surface area contributed by atoms with Gasteiger partial charge in [0.05, 0.1) is 18.4 Å². The number of hydrogen-bond donors (Lipinski definition) is 1. The molecule has 0 atom stereocenters. The maximum absolute atomic E-state index is 12.0. The predicted molar refractivity (Wildman–Crippen MR) is 120 cm³/mol. The largest absolute Gasteiger partial charge is 0.478 e. The molecule has 0 saturated carbocycles. The Hall–Kier alpha value is -2.37. The average Bonchev–Trinajstić information content (AvgIpc) is 3.35. The number of rotatable bonds is 9. The van der Waals surface area contributed by atoms with E-state index in [2.05, 4.69) is 16.5 Å². The third-order valence-electron chi connectivity index (χ3n) is 5.03. The van der Waals surface area contributed by atoms with E-state index >= 15 is 0 Å². The molecule has 0 bridgehead atoms. The summed E-state index contributed by atoms with van der Waals surface area (Å²) in [5, 5.41) is 14.5. The van der Waals surface area contributed by atoms with Gasteiger partial charge in [0.2, 0.25) is 0 Å². The number of carboxylic acid groups (broad SMARTS) is 1. The van der Waals surface area contributed by atoms with E-state index < -0.39 is 5.97 Å². The summed E-state index contributed by atoms with van der Waals surface area (Å²) in [7, 11) is 0. The van der Waals surface area contributed by atoms with Crippen LogP contribution in [-0.4, -0.2) is 20.6 Å². The molecule has 2 aromatic heterocycles. The molecule has 1 N–H and O–H groups in total. The number of imidazole rings is 1. The van der Waals surface area contributed by atoms with E-state index in [9.17, 15) is 9.90 Å². The van der Waals surface area contributed by atoms with Crippen LogP contribution in [0.5, 0.6) is 0 Å². The molecule has 0 unspecified atom stereocenters. The Bertz CT molecular complexity index is 1010. The van der Waals surface area contributed by atoms with Gasteiger partial charge in [0.15, 0.2) is 0 Å². The molecule has 1 aromatic carbocycles. The zero-order chi connectivity index (χ0) is 20.8. The molecule has 0 aliphatic heterocycles. The minimum absolute atomic E-state index is 0.394. The number of aromatic nitrogens is 2. The van der Waals surface area contributed by atoms with Gasteiger partial charge in [-0.05, 0) is 52.9 Å². The Kier molecular flexibility index (Phi) is 7.29. The van der Waals surface area contributed by atoms with Crippen LogP contribution in [0.15, 0.2) is 52.9 Å². The van der Waals surface area contributed by atoms with Crippen molar-refractivity contribution in [2.45, 2.75) is 46.1 Å². The highest BCUT2D eigenvalue weighted by molar-refractivity contribution is 7.07. The van der Waals surface area contributed by atoms with Crippen molar-refractivity contribution in [1.82, 2.24) is 9.55 Å². The van der Waals surface area contributed by atoms with Crippen LogP contribution in [0.1, 0.15) is 49.3 Å². The van der Waals surface area contributed by atoms with Gasteiger partial charge in [0, 0.05) is 23.4 Å². The predicted octanol–water partition coefficient (Wildman–Crippen LogP) is 6.09. The Morgan fingerprint density at radius 3 is 2.72 bits per heavy atom. The SMILES string of the molecule is CCCCc1ncc(/C(C)=C(\Cc2ccsc2)C(=O)O)n1Cc1ccccc1Cl. The molecule has 0 fully saturated rings. The Labute approximate surface area is 180 Å². The molecule has 0 aliphatic rings. The zero-order valence-corrected chi connectivity index (χ0v) is 18.3. The standard InChI is InChI=1S/C23H25ClN2O2S/c1-3-4-9-22-25-13-21(26(22)14-18-7-5-6-8-20(18)24)16(2)19(23(27)28)12-17-10-11-29-15-17/h5-8,10-11,13,15H,3-4,9,12,14H2,1-2H3,(H,27,28)/b19-16+. The lowest BCUT2D eigenvalue weighted by atomic mass is 10.0. The van der Waals surface area contributed by atoms with Crippen LogP contribution in [0.3, 0.4) is 0 Å². The average molecular weight is 429 g/mol. The summed E-state index contributed by atoms with van der Waals surface area (Å²) < 4.78 is 2.11. The van der Waals surface area contributed by atoms with Gasteiger partial charge in [-0.2, -0.15) is 11.3 Å². The summed E-state index contributed by atoms with van der Waals surface area (Å²) in [5.74, 6) is 0.0655. The van der Waals surface area contributed by atoms with Crippen LogP contribution in [0.2, 0.25) is 5.02 Å². The summed E-state index contributed by atoms with van der Waals surface area (Å²) in [4.78, 5) is 16.7. The second-order valence-electron chi connectivity index (χ2n) is 7.06. The first-order valence-corrected chi connectivity index (χ1v) is 11.1. The molecule has 6 heteroatoms. The molecule has 2 heterocycles. The summed E-state index contributed by atoms with van der Waals surface area (Å²) in [6, 6.07) is 9.71. The third-order valence-corrected chi connectivity index (χ3v) is 6.14. The number of aliphatic carboxylic acids is 1. The maximum atomic E-state index is 12.0. The quantitative estimate of drug-likeness (QED) is 0.419. The van der Waals surface area contributed by atoms with E-state index in [1.165, 1.54) is 0 Å². The topological polar surface area (TPSA) is 55.1 Å². The number of unbranched alkanes of at least 4 members (excludes halogenated alkanes) is 1. The van der Waals surface area contributed by atoms with Crippen molar-refractivity contribution in [2.24, 2.45) is 0 Å². The molecule has 0 spiro atoms. The van der Waals surface area contributed by atoms with Gasteiger partial charge in [-0.3, -0.25) is 0 Å². The van der Waals surface area contributed by atoms with Crippen molar-refractivity contribution in [2.75, 3.05) is 0 Å². The van der Waals surface area contributed by atoms with Crippen LogP contribution in [0, 0.1) is 0 Å². The van der Waals surface area contributed by atoms with Gasteiger partial charge in [-0.15, -0.1) is 0 Å². The Morgan fingerprint density at radius 2 is 2.07 bits per heavy atom. The molecule has 0 saturated heterocycles. The van der Waals surface area contributed by atoms with E-state index in [0.717, 1.165) is 47.5 Å². The lowest BCUT2D eigenvalue weighted by molar-refractivity contribution is -0.132. The van der Waals surface area contributed by atoms with Crippen molar-refractivity contribution >= 4 is 34.5 Å². The molecule has 0 radical (unpaired) electrons. The van der Waals surface area contributed by atoms with Crippen LogP contribution in [0.4, 0.5) is 0 Å². The van der Waals surface area contributed by atoms with Gasteiger partial charge in [0.1, 0.15) is 5.82 Å². The molecular formula is C23H25ClN2O2S. The Balaban J connectivity index is 2.05. The number of nitrogens with zero attached hydrogens (tertiary/aromatic N) is 2. The van der Waals surface area contributed by atoms with Crippen LogP contribution in [-0.2, 0) is 24.2 Å². The molecule has 3 aromatic rings. The second kappa shape index (κ2) is 9.90. The molecule has 0 aliphatic carbocycles.